The molecule has 0 aromatic rings. The fourth-order valence-electron chi connectivity index (χ4n) is 3.72. The topological polar surface area (TPSA) is 3.24 Å². The molecule has 1 heteroatoms. The van der Waals surface area contributed by atoms with E-state index in [-0.39, 0.29) is 0 Å². The average molecular weight is 259 g/mol. The van der Waals surface area contributed by atoms with Crippen molar-refractivity contribution in [1.82, 2.24) is 4.90 Å². The van der Waals surface area contributed by atoms with Gasteiger partial charge in [0.15, 0.2) is 0 Å². The Morgan fingerprint density at radius 1 is 1.21 bits per heavy atom. The molecule has 3 atom stereocenters. The highest BCUT2D eigenvalue weighted by Gasteiger charge is 2.43. The van der Waals surface area contributed by atoms with Gasteiger partial charge in [-0.15, -0.1) is 0 Å². The van der Waals surface area contributed by atoms with Crippen molar-refractivity contribution in [2.24, 2.45) is 23.7 Å². The summed E-state index contributed by atoms with van der Waals surface area (Å²) in [7, 11) is 0. The van der Waals surface area contributed by atoms with Crippen molar-refractivity contribution in [3.8, 4) is 0 Å². The summed E-state index contributed by atoms with van der Waals surface area (Å²) in [5.41, 5.74) is 1.38. The van der Waals surface area contributed by atoms with Crippen molar-refractivity contribution in [3.63, 3.8) is 0 Å². The molecule has 2 saturated carbocycles. The first kappa shape index (κ1) is 13.3. The van der Waals surface area contributed by atoms with Crippen molar-refractivity contribution >= 4 is 0 Å². The molecule has 0 spiro atoms. The van der Waals surface area contributed by atoms with Crippen LogP contribution < -0.4 is 0 Å². The molecule has 0 aromatic carbocycles. The summed E-state index contributed by atoms with van der Waals surface area (Å²) >= 11 is 0. The van der Waals surface area contributed by atoms with Gasteiger partial charge in [0.2, 0.25) is 0 Å². The van der Waals surface area contributed by atoms with Crippen LogP contribution in [-0.4, -0.2) is 18.0 Å². The standard InChI is InChI=1S/C18H29N/c1-3-14(2)19(12-15-9-10-15)13-17-11-18(17)16-7-5-4-6-8-16/h4-5,15-18H,2-3,6-13H2,1H3. The number of hydrogen-bond acceptors (Lipinski definition) is 1. The van der Waals surface area contributed by atoms with Gasteiger partial charge in [0.1, 0.15) is 0 Å². The van der Waals surface area contributed by atoms with E-state index >= 15 is 0 Å². The van der Waals surface area contributed by atoms with E-state index in [0.717, 1.165) is 30.1 Å². The summed E-state index contributed by atoms with van der Waals surface area (Å²) in [4.78, 5) is 2.63. The minimum atomic E-state index is 0.971. The van der Waals surface area contributed by atoms with Gasteiger partial charge in [-0.1, -0.05) is 25.7 Å². The van der Waals surface area contributed by atoms with Crippen molar-refractivity contribution < 1.29 is 0 Å². The third kappa shape index (κ3) is 3.43. The van der Waals surface area contributed by atoms with E-state index in [9.17, 15) is 0 Å². The predicted molar refractivity (Wildman–Crippen MR) is 81.8 cm³/mol. The van der Waals surface area contributed by atoms with E-state index in [1.54, 1.807) is 0 Å². The minimum Gasteiger partial charge on any atom is -0.375 e. The van der Waals surface area contributed by atoms with Crippen LogP contribution in [0.4, 0.5) is 0 Å². The Bertz CT molecular complexity index is 353. The molecule has 1 nitrogen and oxygen atoms in total. The second kappa shape index (κ2) is 5.73. The van der Waals surface area contributed by atoms with Gasteiger partial charge in [0, 0.05) is 18.8 Å². The first-order valence-corrected chi connectivity index (χ1v) is 8.35. The van der Waals surface area contributed by atoms with Crippen LogP contribution in [-0.2, 0) is 0 Å². The van der Waals surface area contributed by atoms with Gasteiger partial charge in [0.25, 0.3) is 0 Å². The lowest BCUT2D eigenvalue weighted by molar-refractivity contribution is 0.289. The third-order valence-corrected chi connectivity index (χ3v) is 5.38. The molecule has 2 fully saturated rings. The molecule has 0 amide bonds. The Hall–Kier alpha value is -0.720. The van der Waals surface area contributed by atoms with E-state index < -0.39 is 0 Å². The number of nitrogens with zero attached hydrogens (tertiary/aromatic N) is 1. The SMILES string of the molecule is C=C(CC)N(CC1CC1)CC1CC1C1CC=CCC1. The lowest BCUT2D eigenvalue weighted by atomic mass is 9.89. The Morgan fingerprint density at radius 3 is 2.68 bits per heavy atom. The molecule has 0 N–H and O–H groups in total. The highest BCUT2D eigenvalue weighted by Crippen LogP contribution is 2.49. The summed E-state index contributed by atoms with van der Waals surface area (Å²) in [5.74, 6) is 3.97. The highest BCUT2D eigenvalue weighted by molar-refractivity contribution is 5.03. The zero-order valence-corrected chi connectivity index (χ0v) is 12.5. The van der Waals surface area contributed by atoms with E-state index in [1.807, 2.05) is 0 Å². The Labute approximate surface area is 118 Å². The smallest absolute Gasteiger partial charge is 0.0206 e. The molecule has 3 rings (SSSR count). The van der Waals surface area contributed by atoms with Crippen molar-refractivity contribution in [2.75, 3.05) is 13.1 Å². The number of rotatable bonds is 7. The molecule has 3 aliphatic carbocycles. The third-order valence-electron chi connectivity index (χ3n) is 5.38. The zero-order chi connectivity index (χ0) is 13.2. The van der Waals surface area contributed by atoms with E-state index in [1.165, 1.54) is 57.3 Å². The van der Waals surface area contributed by atoms with Gasteiger partial charge in [-0.2, -0.15) is 0 Å². The molecule has 0 aromatic heterocycles. The van der Waals surface area contributed by atoms with Gasteiger partial charge < -0.3 is 4.90 Å². The zero-order valence-electron chi connectivity index (χ0n) is 12.5. The largest absolute Gasteiger partial charge is 0.375 e. The average Bonchev–Trinajstić information content (AvgIpc) is 3.34. The molecule has 0 radical (unpaired) electrons. The van der Waals surface area contributed by atoms with E-state index in [2.05, 4.69) is 30.6 Å². The quantitative estimate of drug-likeness (QED) is 0.603. The summed E-state index contributed by atoms with van der Waals surface area (Å²) in [6.07, 6.45) is 14.4. The highest BCUT2D eigenvalue weighted by atomic mass is 15.1. The Kier molecular flexibility index (Phi) is 4.00. The summed E-state index contributed by atoms with van der Waals surface area (Å²) in [6.45, 7) is 9.13. The van der Waals surface area contributed by atoms with Gasteiger partial charge in [-0.3, -0.25) is 0 Å². The van der Waals surface area contributed by atoms with Crippen LogP contribution in [0.3, 0.4) is 0 Å². The molecule has 0 bridgehead atoms. The summed E-state index contributed by atoms with van der Waals surface area (Å²) in [5, 5.41) is 0. The maximum atomic E-state index is 4.29. The molecule has 19 heavy (non-hydrogen) atoms. The molecule has 0 heterocycles. The maximum Gasteiger partial charge on any atom is 0.0206 e. The molecular formula is C18H29N. The molecule has 0 saturated heterocycles. The first-order chi connectivity index (χ1) is 9.28. The van der Waals surface area contributed by atoms with Gasteiger partial charge in [0.05, 0.1) is 0 Å². The van der Waals surface area contributed by atoms with Gasteiger partial charge >= 0.3 is 0 Å². The van der Waals surface area contributed by atoms with Crippen LogP contribution in [0.1, 0.15) is 51.9 Å². The van der Waals surface area contributed by atoms with Gasteiger partial charge in [-0.25, -0.2) is 0 Å². The monoisotopic (exact) mass is 259 g/mol. The fourth-order valence-corrected chi connectivity index (χ4v) is 3.72. The maximum absolute atomic E-state index is 4.29. The van der Waals surface area contributed by atoms with Crippen LogP contribution in [0.25, 0.3) is 0 Å². The normalized spacial score (nSPS) is 33.2. The van der Waals surface area contributed by atoms with Crippen molar-refractivity contribution in [2.45, 2.75) is 51.9 Å². The minimum absolute atomic E-state index is 0.971. The predicted octanol–water partition coefficient (Wildman–Crippen LogP) is 4.61. The molecule has 0 aliphatic heterocycles. The van der Waals surface area contributed by atoms with Crippen molar-refractivity contribution in [3.05, 3.63) is 24.4 Å². The lowest BCUT2D eigenvalue weighted by Crippen LogP contribution is -2.28. The fraction of sp³-hybridized carbons (Fsp3) is 0.778. The first-order valence-electron chi connectivity index (χ1n) is 8.35. The number of hydrogen-bond donors (Lipinski definition) is 0. The number of allylic oxidation sites excluding steroid dienone is 3. The lowest BCUT2D eigenvalue weighted by Gasteiger charge is -2.27. The second-order valence-corrected chi connectivity index (χ2v) is 6.97. The summed E-state index contributed by atoms with van der Waals surface area (Å²) < 4.78 is 0. The van der Waals surface area contributed by atoms with E-state index in [4.69, 9.17) is 0 Å². The van der Waals surface area contributed by atoms with Crippen LogP contribution in [0, 0.1) is 23.7 Å². The Morgan fingerprint density at radius 2 is 2.05 bits per heavy atom. The van der Waals surface area contributed by atoms with E-state index in [0.29, 0.717) is 0 Å². The summed E-state index contributed by atoms with van der Waals surface area (Å²) in [6, 6.07) is 0. The molecular weight excluding hydrogens is 230 g/mol. The van der Waals surface area contributed by atoms with Crippen LogP contribution >= 0.6 is 0 Å². The molecule has 106 valence electrons. The Balaban J connectivity index is 1.49. The van der Waals surface area contributed by atoms with Crippen molar-refractivity contribution in [1.29, 1.82) is 0 Å². The van der Waals surface area contributed by atoms with Gasteiger partial charge in [-0.05, 0) is 68.6 Å². The van der Waals surface area contributed by atoms with Crippen LogP contribution in [0.2, 0.25) is 0 Å². The van der Waals surface area contributed by atoms with Crippen LogP contribution in [0.5, 0.6) is 0 Å². The van der Waals surface area contributed by atoms with Crippen LogP contribution in [0.15, 0.2) is 24.4 Å². The second-order valence-electron chi connectivity index (χ2n) is 6.97. The molecule has 3 unspecified atom stereocenters. The molecule has 3 aliphatic rings.